The molecule has 17 heavy (non-hydrogen) atoms. The van der Waals surface area contributed by atoms with Crippen molar-refractivity contribution in [3.8, 4) is 0 Å². The van der Waals surface area contributed by atoms with Crippen LogP contribution in [0.15, 0.2) is 24.3 Å². The third-order valence-electron chi connectivity index (χ3n) is 3.31. The summed E-state index contributed by atoms with van der Waals surface area (Å²) in [5, 5.41) is 5.91. The highest BCUT2D eigenvalue weighted by Crippen LogP contribution is 2.41. The lowest BCUT2D eigenvalue weighted by Crippen LogP contribution is -2.40. The molecule has 2 rings (SSSR count). The minimum atomic E-state index is -0.146. The molecule has 0 saturated heterocycles. The van der Waals surface area contributed by atoms with Crippen LogP contribution in [0.3, 0.4) is 0 Å². The van der Waals surface area contributed by atoms with E-state index >= 15 is 0 Å². The summed E-state index contributed by atoms with van der Waals surface area (Å²) in [4.78, 5) is 11.4. The van der Waals surface area contributed by atoms with Crippen LogP contribution in [0.5, 0.6) is 0 Å². The van der Waals surface area contributed by atoms with Gasteiger partial charge in [-0.25, -0.2) is 0 Å². The predicted octanol–water partition coefficient (Wildman–Crippen LogP) is 1.79. The zero-order valence-electron chi connectivity index (χ0n) is 10.5. The molecule has 1 aliphatic carbocycles. The van der Waals surface area contributed by atoms with Crippen LogP contribution in [0.4, 0.5) is 0 Å². The zero-order valence-corrected chi connectivity index (χ0v) is 10.5. The van der Waals surface area contributed by atoms with E-state index in [1.807, 2.05) is 6.92 Å². The first kappa shape index (κ1) is 12.1. The molecule has 1 unspecified atom stereocenters. The molecule has 0 radical (unpaired) electrons. The van der Waals surface area contributed by atoms with E-state index in [0.717, 1.165) is 12.5 Å². The number of hydrogen-bond donors (Lipinski definition) is 2. The van der Waals surface area contributed by atoms with Crippen LogP contribution >= 0.6 is 0 Å². The van der Waals surface area contributed by atoms with E-state index in [2.05, 4.69) is 34.9 Å². The second-order valence-corrected chi connectivity index (χ2v) is 4.69. The SMILES string of the molecule is CNC(=O)C(C)NCc1ccccc1C1CC1. The van der Waals surface area contributed by atoms with Crippen molar-refractivity contribution in [3.05, 3.63) is 35.4 Å². The Hall–Kier alpha value is -1.35. The molecule has 0 spiro atoms. The van der Waals surface area contributed by atoms with Crippen molar-refractivity contribution in [1.82, 2.24) is 10.6 Å². The van der Waals surface area contributed by atoms with Gasteiger partial charge in [0.1, 0.15) is 0 Å². The molecule has 0 bridgehead atoms. The Morgan fingerprint density at radius 3 is 2.76 bits per heavy atom. The van der Waals surface area contributed by atoms with Gasteiger partial charge in [0.25, 0.3) is 0 Å². The number of likely N-dealkylation sites (N-methyl/N-ethyl adjacent to an activating group) is 1. The number of rotatable bonds is 5. The average molecular weight is 232 g/mol. The number of carbonyl (C=O) groups is 1. The summed E-state index contributed by atoms with van der Waals surface area (Å²) in [6.07, 6.45) is 2.62. The van der Waals surface area contributed by atoms with Gasteiger partial charge in [-0.2, -0.15) is 0 Å². The second kappa shape index (κ2) is 5.32. The largest absolute Gasteiger partial charge is 0.358 e. The van der Waals surface area contributed by atoms with E-state index in [4.69, 9.17) is 0 Å². The molecule has 0 heterocycles. The maximum absolute atomic E-state index is 11.4. The molecule has 1 atom stereocenters. The fraction of sp³-hybridized carbons (Fsp3) is 0.500. The first-order valence-corrected chi connectivity index (χ1v) is 6.25. The van der Waals surface area contributed by atoms with Crippen LogP contribution in [0.2, 0.25) is 0 Å². The molecule has 1 saturated carbocycles. The highest BCUT2D eigenvalue weighted by molar-refractivity contribution is 5.80. The molecule has 1 aliphatic rings. The van der Waals surface area contributed by atoms with E-state index < -0.39 is 0 Å². The summed E-state index contributed by atoms with van der Waals surface area (Å²) < 4.78 is 0. The predicted molar refractivity (Wildman–Crippen MR) is 68.8 cm³/mol. The molecule has 1 amide bonds. The van der Waals surface area contributed by atoms with Crippen LogP contribution in [0.1, 0.15) is 36.8 Å². The number of amides is 1. The van der Waals surface area contributed by atoms with Crippen molar-refractivity contribution < 1.29 is 4.79 Å². The van der Waals surface area contributed by atoms with E-state index in [-0.39, 0.29) is 11.9 Å². The lowest BCUT2D eigenvalue weighted by atomic mass is 10.0. The lowest BCUT2D eigenvalue weighted by molar-refractivity contribution is -0.122. The summed E-state index contributed by atoms with van der Waals surface area (Å²) >= 11 is 0. The van der Waals surface area contributed by atoms with E-state index in [9.17, 15) is 4.79 Å². The third-order valence-corrected chi connectivity index (χ3v) is 3.31. The van der Waals surface area contributed by atoms with E-state index in [0.29, 0.717) is 0 Å². The normalized spacial score (nSPS) is 16.6. The number of nitrogens with one attached hydrogen (secondary N) is 2. The fourth-order valence-electron chi connectivity index (χ4n) is 2.06. The van der Waals surface area contributed by atoms with Gasteiger partial charge in [-0.15, -0.1) is 0 Å². The molecular formula is C14H20N2O. The van der Waals surface area contributed by atoms with Gasteiger partial charge < -0.3 is 10.6 Å². The van der Waals surface area contributed by atoms with Crippen LogP contribution in [0, 0.1) is 0 Å². The first-order valence-electron chi connectivity index (χ1n) is 6.25. The summed E-state index contributed by atoms with van der Waals surface area (Å²) in [5.74, 6) is 0.789. The summed E-state index contributed by atoms with van der Waals surface area (Å²) in [5.41, 5.74) is 2.77. The Bertz CT molecular complexity index is 399. The highest BCUT2D eigenvalue weighted by Gasteiger charge is 2.25. The lowest BCUT2D eigenvalue weighted by Gasteiger charge is -2.14. The number of benzene rings is 1. The highest BCUT2D eigenvalue weighted by atomic mass is 16.2. The third kappa shape index (κ3) is 3.07. The Balaban J connectivity index is 1.96. The van der Waals surface area contributed by atoms with Crippen molar-refractivity contribution in [1.29, 1.82) is 0 Å². The topological polar surface area (TPSA) is 41.1 Å². The molecule has 1 fully saturated rings. The molecule has 1 aromatic rings. The zero-order chi connectivity index (χ0) is 12.3. The smallest absolute Gasteiger partial charge is 0.236 e. The number of carbonyl (C=O) groups excluding carboxylic acids is 1. The van der Waals surface area contributed by atoms with E-state index in [1.54, 1.807) is 7.05 Å². The number of hydrogen-bond acceptors (Lipinski definition) is 2. The van der Waals surface area contributed by atoms with Crippen molar-refractivity contribution in [2.45, 2.75) is 38.3 Å². The molecule has 0 aromatic heterocycles. The summed E-state index contributed by atoms with van der Waals surface area (Å²) in [6.45, 7) is 2.65. The molecular weight excluding hydrogens is 212 g/mol. The van der Waals surface area contributed by atoms with Crippen molar-refractivity contribution >= 4 is 5.91 Å². The maximum atomic E-state index is 11.4. The van der Waals surface area contributed by atoms with Crippen LogP contribution in [-0.2, 0) is 11.3 Å². The average Bonchev–Trinajstić information content (AvgIpc) is 3.19. The molecule has 2 N–H and O–H groups in total. The van der Waals surface area contributed by atoms with Gasteiger partial charge in [-0.05, 0) is 36.8 Å². The monoisotopic (exact) mass is 232 g/mol. The second-order valence-electron chi connectivity index (χ2n) is 4.69. The van der Waals surface area contributed by atoms with Gasteiger partial charge in [-0.3, -0.25) is 4.79 Å². The molecule has 0 aliphatic heterocycles. The van der Waals surface area contributed by atoms with Gasteiger partial charge in [0.15, 0.2) is 0 Å². The van der Waals surface area contributed by atoms with Crippen molar-refractivity contribution in [3.63, 3.8) is 0 Å². The maximum Gasteiger partial charge on any atom is 0.236 e. The standard InChI is InChI=1S/C14H20N2O/c1-10(14(17)15-2)16-9-12-5-3-4-6-13(12)11-7-8-11/h3-6,10-11,16H,7-9H2,1-2H3,(H,15,17). The van der Waals surface area contributed by atoms with Crippen LogP contribution in [-0.4, -0.2) is 19.0 Å². The first-order chi connectivity index (χ1) is 8.22. The van der Waals surface area contributed by atoms with E-state index in [1.165, 1.54) is 24.0 Å². The van der Waals surface area contributed by atoms with Crippen LogP contribution < -0.4 is 10.6 Å². The molecule has 92 valence electrons. The molecule has 1 aromatic carbocycles. The summed E-state index contributed by atoms with van der Waals surface area (Å²) in [6, 6.07) is 8.37. The van der Waals surface area contributed by atoms with Gasteiger partial charge in [0, 0.05) is 13.6 Å². The Kier molecular flexibility index (Phi) is 3.79. The van der Waals surface area contributed by atoms with Gasteiger partial charge in [-0.1, -0.05) is 24.3 Å². The Morgan fingerprint density at radius 1 is 1.41 bits per heavy atom. The molecule has 3 heteroatoms. The van der Waals surface area contributed by atoms with Gasteiger partial charge >= 0.3 is 0 Å². The Labute approximate surface area is 103 Å². The van der Waals surface area contributed by atoms with Crippen LogP contribution in [0.25, 0.3) is 0 Å². The fourth-order valence-corrected chi connectivity index (χ4v) is 2.06. The van der Waals surface area contributed by atoms with Gasteiger partial charge in [0.05, 0.1) is 6.04 Å². The minimum Gasteiger partial charge on any atom is -0.358 e. The Morgan fingerprint density at radius 2 is 2.12 bits per heavy atom. The quantitative estimate of drug-likeness (QED) is 0.812. The van der Waals surface area contributed by atoms with Crippen molar-refractivity contribution in [2.24, 2.45) is 0 Å². The summed E-state index contributed by atoms with van der Waals surface area (Å²) in [7, 11) is 1.67. The van der Waals surface area contributed by atoms with Gasteiger partial charge in [0.2, 0.25) is 5.91 Å². The minimum absolute atomic E-state index is 0.0360. The van der Waals surface area contributed by atoms with Crippen molar-refractivity contribution in [2.75, 3.05) is 7.05 Å². The molecule has 3 nitrogen and oxygen atoms in total.